The normalized spacial score (nSPS) is 21.9. The molecule has 1 aromatic rings. The van der Waals surface area contributed by atoms with Gasteiger partial charge in [-0.25, -0.2) is 0 Å². The van der Waals surface area contributed by atoms with Crippen LogP contribution < -0.4 is 10.2 Å². The van der Waals surface area contributed by atoms with Gasteiger partial charge >= 0.3 is 0 Å². The zero-order chi connectivity index (χ0) is 16.8. The Morgan fingerprint density at radius 3 is 2.83 bits per heavy atom. The zero-order valence-corrected chi connectivity index (χ0v) is 14.7. The van der Waals surface area contributed by atoms with Crippen LogP contribution in [0.1, 0.15) is 24.8 Å². The van der Waals surface area contributed by atoms with Crippen molar-refractivity contribution in [1.82, 2.24) is 10.2 Å². The van der Waals surface area contributed by atoms with E-state index in [1.165, 1.54) is 11.3 Å². The van der Waals surface area contributed by atoms with Crippen molar-refractivity contribution in [2.24, 2.45) is 0 Å². The van der Waals surface area contributed by atoms with Gasteiger partial charge in [0.25, 0.3) is 0 Å². The molecule has 0 aromatic heterocycles. The predicted molar refractivity (Wildman–Crippen MR) is 96.4 cm³/mol. The van der Waals surface area contributed by atoms with Crippen LogP contribution in [0.4, 0.5) is 5.69 Å². The average Bonchev–Trinajstić information content (AvgIpc) is 3.12. The number of ether oxygens (including phenoxy) is 1. The van der Waals surface area contributed by atoms with E-state index in [0.717, 1.165) is 52.2 Å². The van der Waals surface area contributed by atoms with Crippen molar-refractivity contribution in [3.8, 4) is 0 Å². The number of piperazine rings is 1. The summed E-state index contributed by atoms with van der Waals surface area (Å²) in [6, 6.07) is 8.68. The van der Waals surface area contributed by atoms with Crippen LogP contribution in [0.3, 0.4) is 0 Å². The van der Waals surface area contributed by atoms with E-state index in [0.29, 0.717) is 13.0 Å². The van der Waals surface area contributed by atoms with Crippen LogP contribution in [0.25, 0.3) is 0 Å². The van der Waals surface area contributed by atoms with Crippen molar-refractivity contribution in [2.45, 2.75) is 32.3 Å². The van der Waals surface area contributed by atoms with Crippen LogP contribution >= 0.6 is 0 Å². The summed E-state index contributed by atoms with van der Waals surface area (Å²) in [5, 5.41) is 3.00. The lowest BCUT2D eigenvalue weighted by molar-refractivity contribution is -0.121. The second-order valence-corrected chi connectivity index (χ2v) is 6.86. The van der Waals surface area contributed by atoms with Crippen molar-refractivity contribution < 1.29 is 9.53 Å². The van der Waals surface area contributed by atoms with Gasteiger partial charge in [0.05, 0.1) is 6.10 Å². The smallest absolute Gasteiger partial charge is 0.221 e. The lowest BCUT2D eigenvalue weighted by Gasteiger charge is -2.36. The number of nitrogens with zero attached hydrogens (tertiary/aromatic N) is 2. The quantitative estimate of drug-likeness (QED) is 0.863. The summed E-state index contributed by atoms with van der Waals surface area (Å²) in [5.74, 6) is 0.145. The molecule has 5 heteroatoms. The third kappa shape index (κ3) is 4.95. The highest BCUT2D eigenvalue weighted by molar-refractivity contribution is 5.76. The second kappa shape index (κ2) is 8.49. The summed E-state index contributed by atoms with van der Waals surface area (Å²) in [5.41, 5.74) is 2.61. The number of rotatable bonds is 6. The minimum atomic E-state index is 0.145. The Morgan fingerprint density at radius 2 is 2.12 bits per heavy atom. The molecule has 24 heavy (non-hydrogen) atoms. The largest absolute Gasteiger partial charge is 0.376 e. The van der Waals surface area contributed by atoms with Gasteiger partial charge in [-0.1, -0.05) is 12.1 Å². The lowest BCUT2D eigenvalue weighted by atomic mass is 10.2. The maximum atomic E-state index is 12.0. The minimum Gasteiger partial charge on any atom is -0.376 e. The fourth-order valence-electron chi connectivity index (χ4n) is 3.44. The molecule has 3 rings (SSSR count). The number of anilines is 1. The van der Waals surface area contributed by atoms with E-state index in [4.69, 9.17) is 4.74 Å². The topological polar surface area (TPSA) is 44.8 Å². The van der Waals surface area contributed by atoms with Gasteiger partial charge < -0.3 is 15.0 Å². The van der Waals surface area contributed by atoms with E-state index in [-0.39, 0.29) is 12.0 Å². The molecule has 1 unspecified atom stereocenters. The molecule has 0 aliphatic carbocycles. The summed E-state index contributed by atoms with van der Waals surface area (Å²) in [7, 11) is 0. The molecule has 1 N–H and O–H groups in total. The average molecular weight is 331 g/mol. The number of benzene rings is 1. The Morgan fingerprint density at radius 1 is 1.29 bits per heavy atom. The van der Waals surface area contributed by atoms with Crippen LogP contribution in [-0.4, -0.2) is 62.8 Å². The van der Waals surface area contributed by atoms with Gasteiger partial charge in [-0.05, 0) is 37.5 Å². The van der Waals surface area contributed by atoms with Gasteiger partial charge in [0.1, 0.15) is 0 Å². The van der Waals surface area contributed by atoms with E-state index in [2.05, 4.69) is 46.3 Å². The first-order chi connectivity index (χ1) is 11.7. The van der Waals surface area contributed by atoms with Crippen molar-refractivity contribution >= 4 is 11.6 Å². The number of hydrogen-bond donors (Lipinski definition) is 1. The molecule has 1 aromatic carbocycles. The minimum absolute atomic E-state index is 0.145. The van der Waals surface area contributed by atoms with Crippen molar-refractivity contribution in [3.05, 3.63) is 29.8 Å². The lowest BCUT2D eigenvalue weighted by Crippen LogP contribution is -2.47. The van der Waals surface area contributed by atoms with E-state index >= 15 is 0 Å². The molecule has 0 spiro atoms. The highest BCUT2D eigenvalue weighted by atomic mass is 16.5. The van der Waals surface area contributed by atoms with Crippen LogP contribution in [0, 0.1) is 6.92 Å². The van der Waals surface area contributed by atoms with Crippen LogP contribution in [0.2, 0.25) is 0 Å². The molecule has 2 saturated heterocycles. The molecule has 0 saturated carbocycles. The first-order valence-electron chi connectivity index (χ1n) is 9.13. The zero-order valence-electron chi connectivity index (χ0n) is 14.7. The summed E-state index contributed by atoms with van der Waals surface area (Å²) in [4.78, 5) is 16.8. The Labute approximate surface area is 145 Å². The molecule has 2 aliphatic heterocycles. The standard InChI is InChI=1S/C19H29N3O2/c1-16-4-2-5-17(14-16)22-11-9-21(10-12-22)8-7-19(23)20-15-18-6-3-13-24-18/h2,4-5,14,18H,3,6-13,15H2,1H3,(H,20,23). The number of aryl methyl sites for hydroxylation is 1. The SMILES string of the molecule is Cc1cccc(N2CCN(CCC(=O)NCC3CCCO3)CC2)c1. The van der Waals surface area contributed by atoms with Crippen molar-refractivity contribution in [3.63, 3.8) is 0 Å². The number of amides is 1. The first kappa shape index (κ1) is 17.2. The summed E-state index contributed by atoms with van der Waals surface area (Å²) in [6.45, 7) is 8.58. The van der Waals surface area contributed by atoms with E-state index < -0.39 is 0 Å². The number of carbonyl (C=O) groups is 1. The maximum absolute atomic E-state index is 12.0. The molecule has 2 heterocycles. The fraction of sp³-hybridized carbons (Fsp3) is 0.632. The van der Waals surface area contributed by atoms with Crippen LogP contribution in [0.15, 0.2) is 24.3 Å². The Kier molecular flexibility index (Phi) is 6.10. The Hall–Kier alpha value is -1.59. The molecular formula is C19H29N3O2. The summed E-state index contributed by atoms with van der Waals surface area (Å²) >= 11 is 0. The van der Waals surface area contributed by atoms with Gasteiger partial charge in [0.2, 0.25) is 5.91 Å². The van der Waals surface area contributed by atoms with Crippen molar-refractivity contribution in [1.29, 1.82) is 0 Å². The fourth-order valence-corrected chi connectivity index (χ4v) is 3.44. The molecular weight excluding hydrogens is 302 g/mol. The van der Waals surface area contributed by atoms with E-state index in [1.807, 2.05) is 0 Å². The van der Waals surface area contributed by atoms with Crippen LogP contribution in [-0.2, 0) is 9.53 Å². The second-order valence-electron chi connectivity index (χ2n) is 6.86. The van der Waals surface area contributed by atoms with E-state index in [1.54, 1.807) is 0 Å². The first-order valence-corrected chi connectivity index (χ1v) is 9.13. The predicted octanol–water partition coefficient (Wildman–Crippen LogP) is 1.80. The molecule has 1 amide bonds. The summed E-state index contributed by atoms with van der Waals surface area (Å²) < 4.78 is 5.53. The molecule has 5 nitrogen and oxygen atoms in total. The maximum Gasteiger partial charge on any atom is 0.221 e. The van der Waals surface area contributed by atoms with Gasteiger partial charge in [0, 0.05) is 58.0 Å². The van der Waals surface area contributed by atoms with Gasteiger partial charge in [-0.15, -0.1) is 0 Å². The Balaban J connectivity index is 1.34. The number of nitrogens with one attached hydrogen (secondary N) is 1. The highest BCUT2D eigenvalue weighted by Crippen LogP contribution is 2.17. The van der Waals surface area contributed by atoms with Crippen molar-refractivity contribution in [2.75, 3.05) is 50.8 Å². The third-order valence-corrected chi connectivity index (χ3v) is 4.95. The van der Waals surface area contributed by atoms with Gasteiger partial charge in [-0.3, -0.25) is 9.69 Å². The molecule has 0 radical (unpaired) electrons. The molecule has 2 fully saturated rings. The highest BCUT2D eigenvalue weighted by Gasteiger charge is 2.19. The number of carbonyl (C=O) groups excluding carboxylic acids is 1. The third-order valence-electron chi connectivity index (χ3n) is 4.95. The molecule has 2 aliphatic rings. The van der Waals surface area contributed by atoms with E-state index in [9.17, 15) is 4.79 Å². The monoisotopic (exact) mass is 331 g/mol. The molecule has 0 bridgehead atoms. The molecule has 132 valence electrons. The van der Waals surface area contributed by atoms with Crippen LogP contribution in [0.5, 0.6) is 0 Å². The van der Waals surface area contributed by atoms with Gasteiger partial charge in [-0.2, -0.15) is 0 Å². The Bertz CT molecular complexity index is 535. The van der Waals surface area contributed by atoms with Gasteiger partial charge in [0.15, 0.2) is 0 Å². The summed E-state index contributed by atoms with van der Waals surface area (Å²) in [6.07, 6.45) is 3.00. The molecule has 1 atom stereocenters. The number of hydrogen-bond acceptors (Lipinski definition) is 4.